The molecule has 0 atom stereocenters. The van der Waals surface area contributed by atoms with Crippen LogP contribution >= 0.6 is 22.9 Å². The summed E-state index contributed by atoms with van der Waals surface area (Å²) >= 11 is 7.51. The summed E-state index contributed by atoms with van der Waals surface area (Å²) in [6.07, 6.45) is 6.07. The number of aryl methyl sites for hydroxylation is 1. The van der Waals surface area contributed by atoms with Gasteiger partial charge in [-0.3, -0.25) is 9.78 Å². The summed E-state index contributed by atoms with van der Waals surface area (Å²) in [5.74, 6) is 0.405. The van der Waals surface area contributed by atoms with Crippen LogP contribution < -0.4 is 10.6 Å². The number of pyridine rings is 1. The van der Waals surface area contributed by atoms with E-state index in [2.05, 4.69) is 30.6 Å². The second-order valence-electron chi connectivity index (χ2n) is 7.49. The van der Waals surface area contributed by atoms with E-state index in [1.165, 1.54) is 17.0 Å². The van der Waals surface area contributed by atoms with Gasteiger partial charge in [-0.2, -0.15) is 4.98 Å². The van der Waals surface area contributed by atoms with Crippen LogP contribution in [0.4, 0.5) is 21.8 Å². The third-order valence-corrected chi connectivity index (χ3v) is 6.43. The number of rotatable bonds is 9. The van der Waals surface area contributed by atoms with E-state index < -0.39 is 5.82 Å². The maximum absolute atomic E-state index is 13.5. The minimum absolute atomic E-state index is 0.00313. The predicted octanol–water partition coefficient (Wildman–Crippen LogP) is 6.09. The second kappa shape index (κ2) is 10.7. The Labute approximate surface area is 205 Å². The first kappa shape index (κ1) is 23.7. The van der Waals surface area contributed by atoms with Gasteiger partial charge >= 0.3 is 0 Å². The molecular formula is C24H22ClFN6OS. The number of anilines is 3. The number of benzene rings is 1. The van der Waals surface area contributed by atoms with Crippen molar-refractivity contribution in [3.8, 4) is 11.1 Å². The lowest BCUT2D eigenvalue weighted by Crippen LogP contribution is -2.10. The highest BCUT2D eigenvalue weighted by Gasteiger charge is 2.14. The van der Waals surface area contributed by atoms with Crippen LogP contribution in [0.15, 0.2) is 48.4 Å². The molecule has 0 aliphatic rings. The number of ketones is 1. The molecule has 4 rings (SSSR count). The van der Waals surface area contributed by atoms with Crippen molar-refractivity contribution < 1.29 is 9.18 Å². The highest BCUT2D eigenvalue weighted by molar-refractivity contribution is 7.09. The van der Waals surface area contributed by atoms with Crippen molar-refractivity contribution in [3.05, 3.63) is 75.3 Å². The fourth-order valence-corrected chi connectivity index (χ4v) is 4.26. The Balaban J connectivity index is 1.64. The summed E-state index contributed by atoms with van der Waals surface area (Å²) in [5, 5.41) is 6.43. The third-order valence-electron chi connectivity index (χ3n) is 5.15. The highest BCUT2D eigenvalue weighted by atomic mass is 35.5. The molecule has 3 aromatic heterocycles. The Morgan fingerprint density at radius 2 is 2.03 bits per heavy atom. The number of nitrogens with zero attached hydrogens (tertiary/aromatic N) is 4. The summed E-state index contributed by atoms with van der Waals surface area (Å²) < 4.78 is 13.5. The average Bonchev–Trinajstić information content (AvgIpc) is 3.25. The van der Waals surface area contributed by atoms with Crippen molar-refractivity contribution in [2.24, 2.45) is 0 Å². The van der Waals surface area contributed by atoms with Crippen LogP contribution in [0.5, 0.6) is 0 Å². The van der Waals surface area contributed by atoms with Crippen LogP contribution in [0.3, 0.4) is 0 Å². The minimum atomic E-state index is -0.502. The number of nitrogens with one attached hydrogen (secondary N) is 2. The fraction of sp³-hybridized carbons (Fsp3) is 0.208. The van der Waals surface area contributed by atoms with E-state index >= 15 is 0 Å². The maximum atomic E-state index is 13.5. The monoisotopic (exact) mass is 496 g/mol. The van der Waals surface area contributed by atoms with Crippen molar-refractivity contribution in [1.29, 1.82) is 0 Å². The number of carbonyl (C=O) groups excluding carboxylic acids is 1. The highest BCUT2D eigenvalue weighted by Crippen LogP contribution is 2.29. The molecule has 3 heterocycles. The van der Waals surface area contributed by atoms with Gasteiger partial charge in [0.05, 0.1) is 16.2 Å². The molecule has 7 nitrogen and oxygen atoms in total. The van der Waals surface area contributed by atoms with Crippen LogP contribution in [-0.4, -0.2) is 32.3 Å². The maximum Gasteiger partial charge on any atom is 0.229 e. The number of carbonyl (C=O) groups is 1. The molecule has 1 aromatic carbocycles. The quantitative estimate of drug-likeness (QED) is 0.271. The van der Waals surface area contributed by atoms with E-state index in [1.807, 2.05) is 19.4 Å². The van der Waals surface area contributed by atoms with Gasteiger partial charge in [0.15, 0.2) is 5.78 Å². The Morgan fingerprint density at radius 1 is 1.18 bits per heavy atom. The van der Waals surface area contributed by atoms with E-state index in [1.54, 1.807) is 42.1 Å². The van der Waals surface area contributed by atoms with E-state index in [-0.39, 0.29) is 10.8 Å². The number of thiazole rings is 1. The average molecular weight is 497 g/mol. The molecule has 0 saturated carbocycles. The fourth-order valence-electron chi connectivity index (χ4n) is 3.30. The van der Waals surface area contributed by atoms with Crippen LogP contribution in [0.2, 0.25) is 5.02 Å². The van der Waals surface area contributed by atoms with Gasteiger partial charge in [-0.05, 0) is 31.2 Å². The van der Waals surface area contributed by atoms with E-state index in [0.29, 0.717) is 41.5 Å². The van der Waals surface area contributed by atoms with Gasteiger partial charge in [0.2, 0.25) is 5.95 Å². The molecule has 0 spiro atoms. The summed E-state index contributed by atoms with van der Waals surface area (Å²) in [4.78, 5) is 31.0. The van der Waals surface area contributed by atoms with Gasteiger partial charge < -0.3 is 10.6 Å². The van der Waals surface area contributed by atoms with Crippen LogP contribution in [0, 0.1) is 12.7 Å². The van der Waals surface area contributed by atoms with Crippen molar-refractivity contribution in [3.63, 3.8) is 0 Å². The normalized spacial score (nSPS) is 10.8. The second-order valence-corrected chi connectivity index (χ2v) is 8.83. The number of hydrogen-bond acceptors (Lipinski definition) is 8. The Morgan fingerprint density at radius 3 is 2.76 bits per heavy atom. The zero-order valence-corrected chi connectivity index (χ0v) is 20.2. The van der Waals surface area contributed by atoms with Crippen LogP contribution in [-0.2, 0) is 6.42 Å². The lowest BCUT2D eigenvalue weighted by Gasteiger charge is -2.14. The number of halogens is 2. The zero-order chi connectivity index (χ0) is 24.1. The zero-order valence-electron chi connectivity index (χ0n) is 18.6. The molecule has 2 N–H and O–H groups in total. The summed E-state index contributed by atoms with van der Waals surface area (Å²) in [6, 6.07) is 6.10. The van der Waals surface area contributed by atoms with Crippen LogP contribution in [0.1, 0.15) is 34.3 Å². The molecule has 0 radical (unpaired) electrons. The van der Waals surface area contributed by atoms with Crippen molar-refractivity contribution in [2.75, 3.05) is 17.2 Å². The molecular weight excluding hydrogens is 475 g/mol. The van der Waals surface area contributed by atoms with Gasteiger partial charge in [0.1, 0.15) is 11.6 Å². The molecule has 0 fully saturated rings. The molecule has 0 aliphatic heterocycles. The largest absolute Gasteiger partial charge is 0.369 e. The minimum Gasteiger partial charge on any atom is -0.369 e. The van der Waals surface area contributed by atoms with E-state index in [9.17, 15) is 9.18 Å². The molecule has 0 amide bonds. The van der Waals surface area contributed by atoms with Gasteiger partial charge in [-0.15, -0.1) is 11.3 Å². The van der Waals surface area contributed by atoms with Crippen molar-refractivity contribution >= 4 is 46.2 Å². The van der Waals surface area contributed by atoms with Crippen molar-refractivity contribution in [1.82, 2.24) is 19.9 Å². The number of hydrogen-bond donors (Lipinski definition) is 2. The summed E-state index contributed by atoms with van der Waals surface area (Å²) in [5.41, 5.74) is 5.38. The molecule has 174 valence electrons. The lowest BCUT2D eigenvalue weighted by atomic mass is 10.1. The first-order chi connectivity index (χ1) is 16.4. The van der Waals surface area contributed by atoms with Gasteiger partial charge in [-0.25, -0.2) is 14.4 Å². The van der Waals surface area contributed by atoms with Gasteiger partial charge in [0, 0.05) is 65.2 Å². The lowest BCUT2D eigenvalue weighted by molar-refractivity contribution is 0.0988. The van der Waals surface area contributed by atoms with Crippen LogP contribution in [0.25, 0.3) is 11.1 Å². The topological polar surface area (TPSA) is 92.7 Å². The van der Waals surface area contributed by atoms with E-state index in [4.69, 9.17) is 11.6 Å². The molecule has 0 bridgehead atoms. The summed E-state index contributed by atoms with van der Waals surface area (Å²) in [7, 11) is 0. The smallest absolute Gasteiger partial charge is 0.229 e. The number of aromatic nitrogens is 4. The predicted molar refractivity (Wildman–Crippen MR) is 134 cm³/mol. The van der Waals surface area contributed by atoms with Gasteiger partial charge in [0.25, 0.3) is 0 Å². The van der Waals surface area contributed by atoms with Gasteiger partial charge in [-0.1, -0.05) is 18.5 Å². The molecule has 10 heteroatoms. The first-order valence-electron chi connectivity index (χ1n) is 10.6. The Hall–Kier alpha value is -3.43. The summed E-state index contributed by atoms with van der Waals surface area (Å²) in [6.45, 7) is 4.42. The number of Topliss-reactive ketones (excluding diaryl/α,β-unsaturated/α-hetero) is 1. The molecule has 0 aliphatic carbocycles. The molecule has 0 unspecified atom stereocenters. The Kier molecular flexibility index (Phi) is 7.44. The van der Waals surface area contributed by atoms with Crippen molar-refractivity contribution in [2.45, 2.75) is 26.7 Å². The van der Waals surface area contributed by atoms with E-state index in [0.717, 1.165) is 17.7 Å². The SMILES string of the molecule is CCC(=O)c1cncc(-c2cnc(Nc3ccc(F)c(Cl)c3)nc2NCCc2scnc2C)c1. The standard InChI is InChI=1S/C24H22ClFN6OS/c1-3-21(33)16-8-15(10-27-11-16)18-12-29-24(31-17-4-5-20(26)19(25)9-17)32-23(18)28-7-6-22-14(2)30-13-34-22/h4-5,8-13H,3,6-7H2,1-2H3,(H2,28,29,31,32). The molecule has 34 heavy (non-hydrogen) atoms. The molecule has 4 aromatic rings. The first-order valence-corrected chi connectivity index (χ1v) is 11.9. The molecule has 0 saturated heterocycles. The third kappa shape index (κ3) is 5.55. The Bertz CT molecular complexity index is 1330.